The summed E-state index contributed by atoms with van der Waals surface area (Å²) < 4.78 is 0. The lowest BCUT2D eigenvalue weighted by molar-refractivity contribution is 0.0474. The van der Waals surface area contributed by atoms with Crippen molar-refractivity contribution in [3.05, 3.63) is 46.2 Å². The highest BCUT2D eigenvalue weighted by Gasteiger charge is 2.30. The minimum absolute atomic E-state index is 0.0605. The summed E-state index contributed by atoms with van der Waals surface area (Å²) in [5, 5.41) is 14.5. The number of nitrogens with one attached hydrogen (secondary N) is 2. The molecule has 1 fully saturated rings. The summed E-state index contributed by atoms with van der Waals surface area (Å²) in [4.78, 5) is 14.9. The van der Waals surface area contributed by atoms with Crippen LogP contribution in [0.1, 0.15) is 31.2 Å². The van der Waals surface area contributed by atoms with Crippen molar-refractivity contribution >= 4 is 10.9 Å². The first kappa shape index (κ1) is 13.3. The van der Waals surface area contributed by atoms with Gasteiger partial charge in [0.25, 0.3) is 5.56 Å². The molecule has 3 N–H and O–H groups in total. The molecule has 20 heavy (non-hydrogen) atoms. The highest BCUT2D eigenvalue weighted by molar-refractivity contribution is 5.78. The number of aromatic nitrogens is 1. The SMILES string of the molecule is O=c1[nH]c2ccccc2cc1CNCC1(O)CCCC1. The van der Waals surface area contributed by atoms with Crippen molar-refractivity contribution < 1.29 is 5.11 Å². The van der Waals surface area contributed by atoms with Crippen molar-refractivity contribution in [1.82, 2.24) is 10.3 Å². The summed E-state index contributed by atoms with van der Waals surface area (Å²) in [7, 11) is 0. The Balaban J connectivity index is 1.71. The molecule has 4 nitrogen and oxygen atoms in total. The first-order valence-electron chi connectivity index (χ1n) is 7.20. The fourth-order valence-electron chi connectivity index (χ4n) is 2.96. The van der Waals surface area contributed by atoms with Gasteiger partial charge in [-0.05, 0) is 30.4 Å². The van der Waals surface area contributed by atoms with Crippen molar-refractivity contribution in [2.75, 3.05) is 6.54 Å². The van der Waals surface area contributed by atoms with Gasteiger partial charge in [0.1, 0.15) is 0 Å². The number of benzene rings is 1. The Bertz CT molecular complexity index is 657. The Morgan fingerprint density at radius 2 is 2.00 bits per heavy atom. The molecule has 3 rings (SSSR count). The molecule has 0 unspecified atom stereocenters. The predicted molar refractivity (Wildman–Crippen MR) is 79.7 cm³/mol. The predicted octanol–water partition coefficient (Wildman–Crippen LogP) is 1.92. The molecular weight excluding hydrogens is 252 g/mol. The van der Waals surface area contributed by atoms with Crippen LogP contribution in [0.5, 0.6) is 0 Å². The largest absolute Gasteiger partial charge is 0.389 e. The van der Waals surface area contributed by atoms with E-state index in [1.807, 2.05) is 30.3 Å². The number of fused-ring (bicyclic) bond motifs is 1. The van der Waals surface area contributed by atoms with Crippen LogP contribution in [0.15, 0.2) is 35.1 Å². The molecule has 0 saturated heterocycles. The monoisotopic (exact) mass is 272 g/mol. The van der Waals surface area contributed by atoms with E-state index < -0.39 is 5.60 Å². The van der Waals surface area contributed by atoms with Crippen molar-refractivity contribution in [1.29, 1.82) is 0 Å². The van der Waals surface area contributed by atoms with Crippen molar-refractivity contribution in [3.63, 3.8) is 0 Å². The van der Waals surface area contributed by atoms with Crippen LogP contribution >= 0.6 is 0 Å². The first-order chi connectivity index (χ1) is 9.66. The number of hydrogen-bond acceptors (Lipinski definition) is 3. The minimum Gasteiger partial charge on any atom is -0.389 e. The fraction of sp³-hybridized carbons (Fsp3) is 0.438. The second-order valence-electron chi connectivity index (χ2n) is 5.75. The smallest absolute Gasteiger partial charge is 0.252 e. The molecule has 1 aliphatic rings. The molecule has 4 heteroatoms. The number of pyridine rings is 1. The van der Waals surface area contributed by atoms with E-state index in [1.54, 1.807) is 0 Å². The first-order valence-corrected chi connectivity index (χ1v) is 7.20. The molecule has 0 amide bonds. The topological polar surface area (TPSA) is 65.1 Å². The second-order valence-corrected chi connectivity index (χ2v) is 5.75. The van der Waals surface area contributed by atoms with E-state index in [0.29, 0.717) is 18.7 Å². The molecule has 0 bridgehead atoms. The summed E-state index contributed by atoms with van der Waals surface area (Å²) in [5.41, 5.74) is 0.930. The molecule has 0 radical (unpaired) electrons. The zero-order valence-electron chi connectivity index (χ0n) is 11.5. The normalized spacial score (nSPS) is 17.6. The molecule has 0 spiro atoms. The van der Waals surface area contributed by atoms with Crippen molar-refractivity contribution in [2.24, 2.45) is 0 Å². The van der Waals surface area contributed by atoms with Crippen LogP contribution in [0.4, 0.5) is 0 Å². The average molecular weight is 272 g/mol. The van der Waals surface area contributed by atoms with Gasteiger partial charge in [-0.25, -0.2) is 0 Å². The molecule has 0 atom stereocenters. The Morgan fingerprint density at radius 3 is 2.80 bits per heavy atom. The Hall–Kier alpha value is -1.65. The molecule has 1 aromatic heterocycles. The lowest BCUT2D eigenvalue weighted by Gasteiger charge is -2.22. The summed E-state index contributed by atoms with van der Waals surface area (Å²) in [6.45, 7) is 1.04. The molecule has 2 aromatic rings. The molecule has 106 valence electrons. The zero-order valence-corrected chi connectivity index (χ0v) is 11.5. The molecule has 0 aliphatic heterocycles. The van der Waals surface area contributed by atoms with Crippen molar-refractivity contribution in [3.8, 4) is 0 Å². The quantitative estimate of drug-likeness (QED) is 0.796. The van der Waals surface area contributed by atoms with Crippen LogP contribution in [-0.2, 0) is 6.54 Å². The molecule has 1 saturated carbocycles. The molecular formula is C16H20N2O2. The summed E-state index contributed by atoms with van der Waals surface area (Å²) >= 11 is 0. The fourth-order valence-corrected chi connectivity index (χ4v) is 2.96. The van der Waals surface area contributed by atoms with E-state index in [9.17, 15) is 9.90 Å². The minimum atomic E-state index is -0.580. The lowest BCUT2D eigenvalue weighted by atomic mass is 10.0. The van der Waals surface area contributed by atoms with E-state index >= 15 is 0 Å². The van der Waals surface area contributed by atoms with E-state index in [4.69, 9.17) is 0 Å². The van der Waals surface area contributed by atoms with E-state index in [0.717, 1.165) is 36.6 Å². The standard InChI is InChI=1S/C16H20N2O2/c19-15-13(9-12-5-1-2-6-14(12)18-15)10-17-11-16(20)7-3-4-8-16/h1-2,5-6,9,17,20H,3-4,7-8,10-11H2,(H,18,19). The van der Waals surface area contributed by atoms with E-state index in [1.165, 1.54) is 0 Å². The van der Waals surface area contributed by atoms with Crippen LogP contribution < -0.4 is 10.9 Å². The maximum atomic E-state index is 12.0. The second kappa shape index (κ2) is 5.38. The maximum Gasteiger partial charge on any atom is 0.252 e. The molecule has 1 heterocycles. The van der Waals surface area contributed by atoms with Gasteiger partial charge in [-0.1, -0.05) is 31.0 Å². The Kier molecular flexibility index (Phi) is 3.59. The lowest BCUT2D eigenvalue weighted by Crippen LogP contribution is -2.38. The Labute approximate surface area is 117 Å². The van der Waals surface area contributed by atoms with Gasteiger partial charge in [-0.3, -0.25) is 4.79 Å². The highest BCUT2D eigenvalue weighted by atomic mass is 16.3. The van der Waals surface area contributed by atoms with Gasteiger partial charge in [0, 0.05) is 24.2 Å². The van der Waals surface area contributed by atoms with Crippen LogP contribution in [0.25, 0.3) is 10.9 Å². The van der Waals surface area contributed by atoms with Crippen LogP contribution in [0.2, 0.25) is 0 Å². The zero-order chi connectivity index (χ0) is 14.0. The summed E-state index contributed by atoms with van der Waals surface area (Å²) in [6, 6.07) is 9.67. The number of aliphatic hydroxyl groups is 1. The van der Waals surface area contributed by atoms with Gasteiger partial charge in [-0.15, -0.1) is 0 Å². The van der Waals surface area contributed by atoms with Crippen LogP contribution in [-0.4, -0.2) is 22.2 Å². The van der Waals surface area contributed by atoms with Gasteiger partial charge in [0.2, 0.25) is 0 Å². The average Bonchev–Trinajstić information content (AvgIpc) is 2.86. The number of aromatic amines is 1. The van der Waals surface area contributed by atoms with E-state index in [2.05, 4.69) is 10.3 Å². The van der Waals surface area contributed by atoms with E-state index in [-0.39, 0.29) is 5.56 Å². The third kappa shape index (κ3) is 2.76. The number of hydrogen-bond donors (Lipinski definition) is 3. The summed E-state index contributed by atoms with van der Waals surface area (Å²) in [5.74, 6) is 0. The maximum absolute atomic E-state index is 12.0. The van der Waals surface area contributed by atoms with Crippen molar-refractivity contribution in [2.45, 2.75) is 37.8 Å². The highest BCUT2D eigenvalue weighted by Crippen LogP contribution is 2.28. The van der Waals surface area contributed by atoms with Gasteiger partial charge in [0.05, 0.1) is 5.60 Å². The van der Waals surface area contributed by atoms with Gasteiger partial charge in [0.15, 0.2) is 0 Å². The Morgan fingerprint density at radius 1 is 1.25 bits per heavy atom. The van der Waals surface area contributed by atoms with Crippen LogP contribution in [0, 0.1) is 0 Å². The molecule has 1 aliphatic carbocycles. The van der Waals surface area contributed by atoms with Gasteiger partial charge >= 0.3 is 0 Å². The number of rotatable bonds is 4. The van der Waals surface area contributed by atoms with Gasteiger partial charge < -0.3 is 15.4 Å². The third-order valence-corrected chi connectivity index (χ3v) is 4.13. The van der Waals surface area contributed by atoms with Gasteiger partial charge in [-0.2, -0.15) is 0 Å². The van der Waals surface area contributed by atoms with Crippen LogP contribution in [0.3, 0.4) is 0 Å². The number of H-pyrrole nitrogens is 1. The molecule has 1 aromatic carbocycles. The number of para-hydroxylation sites is 1. The third-order valence-electron chi connectivity index (χ3n) is 4.13. The summed E-state index contributed by atoms with van der Waals surface area (Å²) in [6.07, 6.45) is 3.89.